The molecule has 1 aromatic heterocycles. The summed E-state index contributed by atoms with van der Waals surface area (Å²) in [6.07, 6.45) is 1.47. The van der Waals surface area contributed by atoms with Crippen LogP contribution in [0.15, 0.2) is 16.8 Å². The highest BCUT2D eigenvalue weighted by molar-refractivity contribution is 5.91. The zero-order valence-corrected chi connectivity index (χ0v) is 10.8. The van der Waals surface area contributed by atoms with E-state index in [0.717, 1.165) is 13.1 Å². The summed E-state index contributed by atoms with van der Waals surface area (Å²) in [5, 5.41) is 13.3. The number of aromatic nitrogens is 1. The van der Waals surface area contributed by atoms with E-state index in [1.54, 1.807) is 24.8 Å². The van der Waals surface area contributed by atoms with Gasteiger partial charge in [0.05, 0.1) is 11.8 Å². The second-order valence-corrected chi connectivity index (χ2v) is 5.26. The van der Waals surface area contributed by atoms with Crippen molar-refractivity contribution in [3.63, 3.8) is 0 Å². The average Bonchev–Trinajstić information content (AvgIpc) is 2.80. The molecule has 1 aliphatic heterocycles. The Bertz CT molecular complexity index is 389. The van der Waals surface area contributed by atoms with E-state index in [-0.39, 0.29) is 11.7 Å². The van der Waals surface area contributed by atoms with Crippen LogP contribution in [-0.4, -0.2) is 64.3 Å². The van der Waals surface area contributed by atoms with Crippen molar-refractivity contribution in [1.29, 1.82) is 0 Å². The van der Waals surface area contributed by atoms with Crippen molar-refractivity contribution in [2.24, 2.45) is 0 Å². The van der Waals surface area contributed by atoms with Crippen LogP contribution in [0.2, 0.25) is 0 Å². The minimum Gasteiger partial charge on any atom is -0.389 e. The van der Waals surface area contributed by atoms with Crippen LogP contribution in [0.4, 0.5) is 0 Å². The van der Waals surface area contributed by atoms with Gasteiger partial charge >= 0.3 is 0 Å². The number of β-amino-alcohol motifs (C(OH)–C–C–N with tert-alkyl or cyclic N) is 1. The molecule has 0 aromatic carbocycles. The van der Waals surface area contributed by atoms with Crippen molar-refractivity contribution in [2.75, 3.05) is 32.7 Å². The standard InChI is InChI=1S/C12H19N3O3/c1-12(2,17)9-14-5-7-15(8-6-14)11(16)10-3-4-13-18-10/h3-4,17H,5-9H2,1-2H3. The molecule has 0 atom stereocenters. The molecule has 0 aliphatic carbocycles. The Morgan fingerprint density at radius 2 is 2.11 bits per heavy atom. The van der Waals surface area contributed by atoms with E-state index in [4.69, 9.17) is 4.52 Å². The highest BCUT2D eigenvalue weighted by atomic mass is 16.5. The SMILES string of the molecule is CC(C)(O)CN1CCN(C(=O)c2ccno2)CC1. The summed E-state index contributed by atoms with van der Waals surface area (Å²) in [5.41, 5.74) is -0.697. The van der Waals surface area contributed by atoms with Crippen molar-refractivity contribution < 1.29 is 14.4 Å². The number of rotatable bonds is 3. The number of hydrogen-bond donors (Lipinski definition) is 1. The zero-order valence-electron chi connectivity index (χ0n) is 10.8. The largest absolute Gasteiger partial charge is 0.389 e. The normalized spacial score (nSPS) is 18.1. The highest BCUT2D eigenvalue weighted by Crippen LogP contribution is 2.11. The Hall–Kier alpha value is -1.40. The topological polar surface area (TPSA) is 69.8 Å². The molecule has 0 bridgehead atoms. The minimum absolute atomic E-state index is 0.115. The molecule has 1 amide bonds. The molecule has 18 heavy (non-hydrogen) atoms. The van der Waals surface area contributed by atoms with Gasteiger partial charge in [-0.25, -0.2) is 0 Å². The van der Waals surface area contributed by atoms with Gasteiger partial charge in [-0.1, -0.05) is 5.16 Å². The van der Waals surface area contributed by atoms with Gasteiger partial charge in [0.2, 0.25) is 5.76 Å². The molecule has 0 unspecified atom stereocenters. The molecule has 6 nitrogen and oxygen atoms in total. The fourth-order valence-corrected chi connectivity index (χ4v) is 2.14. The lowest BCUT2D eigenvalue weighted by atomic mass is 10.1. The summed E-state index contributed by atoms with van der Waals surface area (Å²) in [6.45, 7) is 7.04. The van der Waals surface area contributed by atoms with E-state index >= 15 is 0 Å². The Morgan fingerprint density at radius 3 is 2.61 bits per heavy atom. The summed E-state index contributed by atoms with van der Waals surface area (Å²) in [4.78, 5) is 15.9. The van der Waals surface area contributed by atoms with Crippen molar-refractivity contribution in [1.82, 2.24) is 15.0 Å². The Labute approximate surface area is 106 Å². The summed E-state index contributed by atoms with van der Waals surface area (Å²) in [5.74, 6) is 0.168. The fraction of sp³-hybridized carbons (Fsp3) is 0.667. The maximum Gasteiger partial charge on any atom is 0.292 e. The molecule has 0 radical (unpaired) electrons. The number of carbonyl (C=O) groups is 1. The van der Waals surface area contributed by atoms with Crippen LogP contribution in [0.5, 0.6) is 0 Å². The summed E-state index contributed by atoms with van der Waals surface area (Å²) in [6, 6.07) is 1.57. The van der Waals surface area contributed by atoms with Gasteiger partial charge in [-0.3, -0.25) is 9.69 Å². The number of aliphatic hydroxyl groups is 1. The van der Waals surface area contributed by atoms with Crippen LogP contribution < -0.4 is 0 Å². The first-order valence-electron chi connectivity index (χ1n) is 6.10. The monoisotopic (exact) mass is 253 g/mol. The molecule has 1 aliphatic rings. The van der Waals surface area contributed by atoms with Crippen LogP contribution in [0, 0.1) is 0 Å². The second-order valence-electron chi connectivity index (χ2n) is 5.26. The first-order valence-corrected chi connectivity index (χ1v) is 6.10. The number of amides is 1. The Morgan fingerprint density at radius 1 is 1.44 bits per heavy atom. The molecule has 1 saturated heterocycles. The van der Waals surface area contributed by atoms with Gasteiger partial charge in [0.15, 0.2) is 0 Å². The smallest absolute Gasteiger partial charge is 0.292 e. The summed E-state index contributed by atoms with van der Waals surface area (Å²) < 4.78 is 4.86. The van der Waals surface area contributed by atoms with E-state index in [9.17, 15) is 9.90 Å². The molecule has 0 saturated carbocycles. The zero-order chi connectivity index (χ0) is 13.2. The van der Waals surface area contributed by atoms with Crippen LogP contribution in [0.25, 0.3) is 0 Å². The molecule has 100 valence electrons. The van der Waals surface area contributed by atoms with Gasteiger partial charge in [-0.15, -0.1) is 0 Å². The van der Waals surface area contributed by atoms with Gasteiger partial charge in [0, 0.05) is 38.8 Å². The number of carbonyl (C=O) groups excluding carboxylic acids is 1. The van der Waals surface area contributed by atoms with Crippen LogP contribution in [0.1, 0.15) is 24.4 Å². The van der Waals surface area contributed by atoms with Crippen LogP contribution >= 0.6 is 0 Å². The van der Waals surface area contributed by atoms with E-state index < -0.39 is 5.60 Å². The van der Waals surface area contributed by atoms with E-state index in [0.29, 0.717) is 19.6 Å². The van der Waals surface area contributed by atoms with Crippen molar-refractivity contribution >= 4 is 5.91 Å². The molecule has 6 heteroatoms. The molecule has 2 heterocycles. The Kier molecular flexibility index (Phi) is 3.68. The van der Waals surface area contributed by atoms with Gasteiger partial charge in [-0.05, 0) is 13.8 Å². The van der Waals surface area contributed by atoms with Crippen molar-refractivity contribution in [2.45, 2.75) is 19.4 Å². The lowest BCUT2D eigenvalue weighted by molar-refractivity contribution is 0.0170. The first-order chi connectivity index (χ1) is 8.46. The fourth-order valence-electron chi connectivity index (χ4n) is 2.14. The summed E-state index contributed by atoms with van der Waals surface area (Å²) >= 11 is 0. The molecule has 0 spiro atoms. The quantitative estimate of drug-likeness (QED) is 0.833. The summed E-state index contributed by atoms with van der Waals surface area (Å²) in [7, 11) is 0. The predicted molar refractivity (Wildman–Crippen MR) is 65.1 cm³/mol. The molecular formula is C12H19N3O3. The number of piperazine rings is 1. The van der Waals surface area contributed by atoms with Crippen LogP contribution in [-0.2, 0) is 0 Å². The minimum atomic E-state index is -0.697. The molecule has 1 fully saturated rings. The average molecular weight is 253 g/mol. The van der Waals surface area contributed by atoms with Gasteiger partial charge < -0.3 is 14.5 Å². The van der Waals surface area contributed by atoms with Crippen molar-refractivity contribution in [3.8, 4) is 0 Å². The number of nitrogens with zero attached hydrogens (tertiary/aromatic N) is 3. The van der Waals surface area contributed by atoms with E-state index in [1.807, 2.05) is 0 Å². The predicted octanol–water partition coefficient (Wildman–Crippen LogP) is 0.203. The third-order valence-electron chi connectivity index (χ3n) is 2.92. The van der Waals surface area contributed by atoms with Crippen LogP contribution in [0.3, 0.4) is 0 Å². The maximum absolute atomic E-state index is 12.0. The van der Waals surface area contributed by atoms with Gasteiger partial charge in [0.25, 0.3) is 5.91 Å². The molecule has 1 N–H and O–H groups in total. The molecular weight excluding hydrogens is 234 g/mol. The Balaban J connectivity index is 1.85. The maximum atomic E-state index is 12.0. The lowest BCUT2D eigenvalue weighted by Crippen LogP contribution is -2.51. The first kappa shape index (κ1) is 13.0. The van der Waals surface area contributed by atoms with E-state index in [1.165, 1.54) is 6.20 Å². The van der Waals surface area contributed by atoms with E-state index in [2.05, 4.69) is 10.1 Å². The lowest BCUT2D eigenvalue weighted by Gasteiger charge is -2.36. The highest BCUT2D eigenvalue weighted by Gasteiger charge is 2.26. The van der Waals surface area contributed by atoms with Gasteiger partial charge in [0.1, 0.15) is 0 Å². The second kappa shape index (κ2) is 5.07. The third-order valence-corrected chi connectivity index (χ3v) is 2.92. The third kappa shape index (κ3) is 3.30. The number of hydrogen-bond acceptors (Lipinski definition) is 5. The van der Waals surface area contributed by atoms with Crippen molar-refractivity contribution in [3.05, 3.63) is 18.0 Å². The molecule has 1 aromatic rings. The van der Waals surface area contributed by atoms with Gasteiger partial charge in [-0.2, -0.15) is 0 Å². The molecule has 2 rings (SSSR count).